The van der Waals surface area contributed by atoms with E-state index in [0.29, 0.717) is 19.0 Å². The van der Waals surface area contributed by atoms with Crippen molar-refractivity contribution in [1.29, 1.82) is 0 Å². The molecule has 18 heavy (non-hydrogen) atoms. The lowest BCUT2D eigenvalue weighted by molar-refractivity contribution is 0.329. The van der Waals surface area contributed by atoms with Crippen molar-refractivity contribution in [2.24, 2.45) is 0 Å². The Bertz CT molecular complexity index is 469. The van der Waals surface area contributed by atoms with Crippen molar-refractivity contribution in [3.05, 3.63) is 18.5 Å². The third-order valence-electron chi connectivity index (χ3n) is 3.11. The summed E-state index contributed by atoms with van der Waals surface area (Å²) < 4.78 is 25.0. The van der Waals surface area contributed by atoms with Gasteiger partial charge in [-0.25, -0.2) is 22.7 Å². The summed E-state index contributed by atoms with van der Waals surface area (Å²) in [4.78, 5) is 8.21. The standard InChI is InChI=1S/C11H18N4O2S/c1-2-18(16,17)15-8-4-10(5-9-15)14-11-12-6-3-7-13-11/h3,6-7,10H,2,4-5,8-9H2,1H3,(H,12,13,14). The Balaban J connectivity index is 1.88. The van der Waals surface area contributed by atoms with Crippen molar-refractivity contribution in [3.8, 4) is 0 Å². The molecule has 1 saturated heterocycles. The van der Waals surface area contributed by atoms with Crippen LogP contribution in [0.4, 0.5) is 5.95 Å². The van der Waals surface area contributed by atoms with Gasteiger partial charge in [0.25, 0.3) is 0 Å². The molecule has 0 amide bonds. The highest BCUT2D eigenvalue weighted by atomic mass is 32.2. The highest BCUT2D eigenvalue weighted by Gasteiger charge is 2.26. The number of piperidine rings is 1. The molecule has 0 saturated carbocycles. The predicted octanol–water partition coefficient (Wildman–Crippen LogP) is 0.703. The SMILES string of the molecule is CCS(=O)(=O)N1CCC(Nc2ncccn2)CC1. The average molecular weight is 270 g/mol. The molecule has 100 valence electrons. The molecule has 1 aromatic heterocycles. The number of nitrogens with one attached hydrogen (secondary N) is 1. The molecule has 1 aromatic rings. The smallest absolute Gasteiger partial charge is 0.222 e. The van der Waals surface area contributed by atoms with Crippen molar-refractivity contribution in [3.63, 3.8) is 0 Å². The van der Waals surface area contributed by atoms with E-state index in [2.05, 4.69) is 15.3 Å². The Kier molecular flexibility index (Phi) is 4.13. The minimum absolute atomic E-state index is 0.174. The van der Waals surface area contributed by atoms with E-state index in [9.17, 15) is 8.42 Å². The molecule has 1 fully saturated rings. The molecule has 1 N–H and O–H groups in total. The quantitative estimate of drug-likeness (QED) is 0.871. The van der Waals surface area contributed by atoms with E-state index in [-0.39, 0.29) is 11.8 Å². The summed E-state index contributed by atoms with van der Waals surface area (Å²) in [6.07, 6.45) is 4.95. The van der Waals surface area contributed by atoms with Crippen molar-refractivity contribution in [2.45, 2.75) is 25.8 Å². The van der Waals surface area contributed by atoms with E-state index in [1.165, 1.54) is 0 Å². The van der Waals surface area contributed by atoms with Crippen LogP contribution in [0.1, 0.15) is 19.8 Å². The minimum Gasteiger partial charge on any atom is -0.351 e. The van der Waals surface area contributed by atoms with Gasteiger partial charge in [0.2, 0.25) is 16.0 Å². The van der Waals surface area contributed by atoms with Gasteiger partial charge in [0.05, 0.1) is 5.75 Å². The van der Waals surface area contributed by atoms with Gasteiger partial charge in [0.1, 0.15) is 0 Å². The molecule has 0 aromatic carbocycles. The Hall–Kier alpha value is -1.21. The molecular formula is C11H18N4O2S. The zero-order chi connectivity index (χ0) is 13.0. The molecule has 1 aliphatic heterocycles. The summed E-state index contributed by atoms with van der Waals surface area (Å²) in [6.45, 7) is 2.82. The zero-order valence-electron chi connectivity index (χ0n) is 10.4. The predicted molar refractivity (Wildman–Crippen MR) is 69.7 cm³/mol. The van der Waals surface area contributed by atoms with Crippen LogP contribution in [-0.4, -0.2) is 47.6 Å². The normalized spacial score (nSPS) is 18.7. The van der Waals surface area contributed by atoms with Crippen molar-refractivity contribution in [1.82, 2.24) is 14.3 Å². The maximum atomic E-state index is 11.7. The lowest BCUT2D eigenvalue weighted by Gasteiger charge is -2.31. The van der Waals surface area contributed by atoms with E-state index in [1.807, 2.05) is 0 Å². The van der Waals surface area contributed by atoms with Gasteiger partial charge >= 0.3 is 0 Å². The van der Waals surface area contributed by atoms with Crippen LogP contribution in [-0.2, 0) is 10.0 Å². The van der Waals surface area contributed by atoms with Gasteiger partial charge in [-0.05, 0) is 25.8 Å². The highest BCUT2D eigenvalue weighted by Crippen LogP contribution is 2.16. The molecule has 0 radical (unpaired) electrons. The highest BCUT2D eigenvalue weighted by molar-refractivity contribution is 7.89. The Morgan fingerprint density at radius 3 is 2.50 bits per heavy atom. The molecule has 2 heterocycles. The van der Waals surface area contributed by atoms with Crippen LogP contribution in [0.2, 0.25) is 0 Å². The third-order valence-corrected chi connectivity index (χ3v) is 4.99. The van der Waals surface area contributed by atoms with Crippen LogP contribution in [0.5, 0.6) is 0 Å². The molecule has 0 spiro atoms. The molecule has 6 nitrogen and oxygen atoms in total. The monoisotopic (exact) mass is 270 g/mol. The molecule has 0 atom stereocenters. The second kappa shape index (κ2) is 5.62. The fraction of sp³-hybridized carbons (Fsp3) is 0.636. The molecular weight excluding hydrogens is 252 g/mol. The maximum absolute atomic E-state index is 11.7. The largest absolute Gasteiger partial charge is 0.351 e. The summed E-state index contributed by atoms with van der Waals surface area (Å²) >= 11 is 0. The van der Waals surface area contributed by atoms with Gasteiger partial charge in [-0.15, -0.1) is 0 Å². The van der Waals surface area contributed by atoms with E-state index >= 15 is 0 Å². The first-order valence-electron chi connectivity index (χ1n) is 6.13. The summed E-state index contributed by atoms with van der Waals surface area (Å²) in [5.74, 6) is 0.779. The van der Waals surface area contributed by atoms with E-state index in [0.717, 1.165) is 12.8 Å². The van der Waals surface area contributed by atoms with Gasteiger partial charge in [0, 0.05) is 31.5 Å². The van der Waals surface area contributed by atoms with Gasteiger partial charge < -0.3 is 5.32 Å². The first-order chi connectivity index (χ1) is 8.62. The van der Waals surface area contributed by atoms with Crippen LogP contribution < -0.4 is 5.32 Å². The number of hydrogen-bond acceptors (Lipinski definition) is 5. The van der Waals surface area contributed by atoms with E-state index in [4.69, 9.17) is 0 Å². The first kappa shape index (κ1) is 13.2. The van der Waals surface area contributed by atoms with Gasteiger partial charge in [-0.2, -0.15) is 0 Å². The minimum atomic E-state index is -3.04. The van der Waals surface area contributed by atoms with Gasteiger partial charge in [-0.3, -0.25) is 0 Å². The van der Waals surface area contributed by atoms with E-state index < -0.39 is 10.0 Å². The van der Waals surface area contributed by atoms with Crippen LogP contribution in [0.15, 0.2) is 18.5 Å². The number of sulfonamides is 1. The second-order valence-electron chi connectivity index (χ2n) is 4.29. The number of anilines is 1. The van der Waals surface area contributed by atoms with Crippen LogP contribution >= 0.6 is 0 Å². The Labute approximate surface area is 107 Å². The number of nitrogens with zero attached hydrogens (tertiary/aromatic N) is 3. The summed E-state index contributed by atoms with van der Waals surface area (Å²) in [5.41, 5.74) is 0. The fourth-order valence-corrected chi connectivity index (χ4v) is 3.15. The lowest BCUT2D eigenvalue weighted by Crippen LogP contribution is -2.43. The van der Waals surface area contributed by atoms with Gasteiger partial charge in [-0.1, -0.05) is 0 Å². The topological polar surface area (TPSA) is 75.2 Å². The zero-order valence-corrected chi connectivity index (χ0v) is 11.2. The van der Waals surface area contributed by atoms with Crippen LogP contribution in [0.25, 0.3) is 0 Å². The van der Waals surface area contributed by atoms with Crippen molar-refractivity contribution < 1.29 is 8.42 Å². The first-order valence-corrected chi connectivity index (χ1v) is 7.74. The Morgan fingerprint density at radius 2 is 1.94 bits per heavy atom. The number of hydrogen-bond donors (Lipinski definition) is 1. The van der Waals surface area contributed by atoms with Crippen molar-refractivity contribution in [2.75, 3.05) is 24.2 Å². The molecule has 2 rings (SSSR count). The maximum Gasteiger partial charge on any atom is 0.222 e. The number of aromatic nitrogens is 2. The summed E-state index contributed by atoms with van der Waals surface area (Å²) in [5, 5.41) is 3.23. The van der Waals surface area contributed by atoms with Gasteiger partial charge in [0.15, 0.2) is 0 Å². The number of rotatable bonds is 4. The molecule has 7 heteroatoms. The third kappa shape index (κ3) is 3.17. The fourth-order valence-electron chi connectivity index (χ4n) is 2.02. The lowest BCUT2D eigenvalue weighted by atomic mass is 10.1. The molecule has 0 bridgehead atoms. The Morgan fingerprint density at radius 1 is 1.33 bits per heavy atom. The second-order valence-corrected chi connectivity index (χ2v) is 6.55. The van der Waals surface area contributed by atoms with Crippen LogP contribution in [0, 0.1) is 0 Å². The molecule has 0 aliphatic carbocycles. The molecule has 0 unspecified atom stereocenters. The summed E-state index contributed by atoms with van der Waals surface area (Å²) in [7, 11) is -3.04. The summed E-state index contributed by atoms with van der Waals surface area (Å²) in [6, 6.07) is 2.01. The van der Waals surface area contributed by atoms with Crippen LogP contribution in [0.3, 0.4) is 0 Å². The van der Waals surface area contributed by atoms with Crippen molar-refractivity contribution >= 4 is 16.0 Å². The van der Waals surface area contributed by atoms with E-state index in [1.54, 1.807) is 29.7 Å². The molecule has 1 aliphatic rings. The average Bonchev–Trinajstić information content (AvgIpc) is 2.40.